The van der Waals surface area contributed by atoms with Crippen LogP contribution >= 0.6 is 0 Å². The fourth-order valence-electron chi connectivity index (χ4n) is 3.03. The molecule has 0 rings (SSSR count). The summed E-state index contributed by atoms with van der Waals surface area (Å²) in [6.07, 6.45) is -0.305. The van der Waals surface area contributed by atoms with Crippen molar-refractivity contribution in [3.8, 4) is 0 Å². The summed E-state index contributed by atoms with van der Waals surface area (Å²) < 4.78 is 5.22. The van der Waals surface area contributed by atoms with Gasteiger partial charge in [-0.15, -0.1) is 0 Å². The lowest BCUT2D eigenvalue weighted by atomic mass is 9.99. The largest absolute Gasteiger partial charge is 0.444 e. The Labute approximate surface area is 209 Å². The average Bonchev–Trinajstić information content (AvgIpc) is 2.68. The molecule has 0 aromatic rings. The van der Waals surface area contributed by atoms with Gasteiger partial charge in [0.15, 0.2) is 0 Å². The number of hydrogen-bond acceptors (Lipinski definition) is 6. The van der Waals surface area contributed by atoms with Crippen molar-refractivity contribution in [3.63, 3.8) is 0 Å². The number of carbonyl (C=O) groups is 5. The molecule has 11 nitrogen and oxygen atoms in total. The Bertz CT molecular complexity index is 773. The number of ether oxygens (including phenoxy) is 1. The van der Waals surface area contributed by atoms with Gasteiger partial charge in [-0.1, -0.05) is 27.7 Å². The third-order valence-electron chi connectivity index (χ3n) is 4.95. The lowest BCUT2D eigenvalue weighted by molar-refractivity contribution is -0.136. The highest BCUT2D eigenvalue weighted by Gasteiger charge is 2.36. The summed E-state index contributed by atoms with van der Waals surface area (Å²) in [5, 5.41) is 12.9. The molecule has 11 heteroatoms. The zero-order valence-corrected chi connectivity index (χ0v) is 23.0. The van der Waals surface area contributed by atoms with E-state index in [0.717, 1.165) is 0 Å². The molecule has 0 aromatic heterocycles. The fourth-order valence-corrected chi connectivity index (χ4v) is 3.03. The quantitative estimate of drug-likeness (QED) is 0.288. The average molecular weight is 500 g/mol. The van der Waals surface area contributed by atoms with Gasteiger partial charge < -0.3 is 31.3 Å². The molecule has 202 valence electrons. The third kappa shape index (κ3) is 11.9. The van der Waals surface area contributed by atoms with E-state index < -0.39 is 53.1 Å². The molecule has 0 aliphatic rings. The summed E-state index contributed by atoms with van der Waals surface area (Å²) in [6.45, 7) is 17.0. The Kier molecular flexibility index (Phi) is 12.2. The SMILES string of the molecule is CNC(=O)[C@H](CC(C)C)NC(=O)[C@@H](C)NC(=O)C(C)(C)NC(=O)[C@@H](NC(=O)OC(C)(C)C)C(C)C. The second-order valence-electron chi connectivity index (χ2n) is 11.0. The number of nitrogens with one attached hydrogen (secondary N) is 5. The molecule has 0 radical (unpaired) electrons. The van der Waals surface area contributed by atoms with Crippen LogP contribution < -0.4 is 26.6 Å². The zero-order valence-electron chi connectivity index (χ0n) is 23.0. The maximum atomic E-state index is 12.9. The Morgan fingerprint density at radius 1 is 0.771 bits per heavy atom. The highest BCUT2D eigenvalue weighted by Crippen LogP contribution is 2.11. The first kappa shape index (κ1) is 32.1. The van der Waals surface area contributed by atoms with Crippen molar-refractivity contribution in [3.05, 3.63) is 0 Å². The lowest BCUT2D eigenvalue weighted by Gasteiger charge is -2.31. The summed E-state index contributed by atoms with van der Waals surface area (Å²) in [4.78, 5) is 62.6. The van der Waals surface area contributed by atoms with Gasteiger partial charge in [0.05, 0.1) is 0 Å². The van der Waals surface area contributed by atoms with E-state index in [-0.39, 0.29) is 17.7 Å². The Morgan fingerprint density at radius 3 is 1.74 bits per heavy atom. The van der Waals surface area contributed by atoms with Crippen molar-refractivity contribution in [1.29, 1.82) is 0 Å². The van der Waals surface area contributed by atoms with E-state index in [0.29, 0.717) is 6.42 Å². The molecule has 35 heavy (non-hydrogen) atoms. The van der Waals surface area contributed by atoms with E-state index in [9.17, 15) is 24.0 Å². The highest BCUT2D eigenvalue weighted by molar-refractivity contribution is 5.96. The maximum absolute atomic E-state index is 12.9. The number of amides is 5. The van der Waals surface area contributed by atoms with Crippen molar-refractivity contribution in [1.82, 2.24) is 26.6 Å². The molecule has 0 spiro atoms. The van der Waals surface area contributed by atoms with E-state index in [4.69, 9.17) is 4.74 Å². The topological polar surface area (TPSA) is 155 Å². The first-order valence-corrected chi connectivity index (χ1v) is 11.9. The third-order valence-corrected chi connectivity index (χ3v) is 4.95. The van der Waals surface area contributed by atoms with Gasteiger partial charge in [0.25, 0.3) is 0 Å². The predicted molar refractivity (Wildman–Crippen MR) is 133 cm³/mol. The van der Waals surface area contributed by atoms with Gasteiger partial charge in [-0.25, -0.2) is 4.79 Å². The van der Waals surface area contributed by atoms with Gasteiger partial charge in [0, 0.05) is 7.05 Å². The molecule has 0 aliphatic heterocycles. The van der Waals surface area contributed by atoms with Crippen LogP contribution in [-0.2, 0) is 23.9 Å². The van der Waals surface area contributed by atoms with Gasteiger partial charge in [-0.2, -0.15) is 0 Å². The Balaban J connectivity index is 5.22. The van der Waals surface area contributed by atoms with E-state index in [2.05, 4.69) is 26.6 Å². The molecule has 0 saturated carbocycles. The van der Waals surface area contributed by atoms with Crippen molar-refractivity contribution >= 4 is 29.7 Å². The second-order valence-corrected chi connectivity index (χ2v) is 11.0. The molecule has 0 unspecified atom stereocenters. The van der Waals surface area contributed by atoms with E-state index in [1.165, 1.54) is 27.8 Å². The minimum atomic E-state index is -1.40. The molecule has 0 heterocycles. The van der Waals surface area contributed by atoms with Crippen LogP contribution in [0.5, 0.6) is 0 Å². The Hall–Kier alpha value is -2.85. The standard InChI is InChI=1S/C24H45N5O6/c1-13(2)12-16(19(31)25-11)27-18(30)15(5)26-21(33)24(9,10)29-20(32)17(14(3)4)28-22(34)35-23(6,7)8/h13-17H,12H2,1-11H3,(H,25,31)(H,26,33)(H,27,30)(H,28,34)(H,29,32)/t15-,16+,17+/m1/s1. The van der Waals surface area contributed by atoms with Crippen LogP contribution in [0.25, 0.3) is 0 Å². The summed E-state index contributed by atoms with van der Waals surface area (Å²) in [6, 6.07) is -2.63. The molecule has 0 saturated heterocycles. The van der Waals surface area contributed by atoms with Crippen molar-refractivity contribution in [2.45, 2.75) is 105 Å². The minimum absolute atomic E-state index is 0.167. The smallest absolute Gasteiger partial charge is 0.408 e. The molecule has 0 fully saturated rings. The maximum Gasteiger partial charge on any atom is 0.408 e. The van der Waals surface area contributed by atoms with Gasteiger partial charge in [-0.05, 0) is 59.8 Å². The van der Waals surface area contributed by atoms with Gasteiger partial charge >= 0.3 is 6.09 Å². The molecule has 0 bridgehead atoms. The van der Waals surface area contributed by atoms with Crippen LogP contribution in [0.3, 0.4) is 0 Å². The number of carbonyl (C=O) groups excluding carboxylic acids is 5. The number of likely N-dealkylation sites (N-methyl/N-ethyl adjacent to an activating group) is 1. The molecular weight excluding hydrogens is 454 g/mol. The summed E-state index contributed by atoms with van der Waals surface area (Å²) in [7, 11) is 1.49. The number of rotatable bonds is 11. The highest BCUT2D eigenvalue weighted by atomic mass is 16.6. The van der Waals surface area contributed by atoms with Gasteiger partial charge in [-0.3, -0.25) is 19.2 Å². The fraction of sp³-hybridized carbons (Fsp3) is 0.792. The van der Waals surface area contributed by atoms with Crippen LogP contribution in [0.1, 0.15) is 75.7 Å². The normalized spacial score (nSPS) is 14.4. The van der Waals surface area contributed by atoms with Crippen molar-refractivity contribution < 1.29 is 28.7 Å². The van der Waals surface area contributed by atoms with Gasteiger partial charge in [0.2, 0.25) is 23.6 Å². The minimum Gasteiger partial charge on any atom is -0.444 e. The summed E-state index contributed by atoms with van der Waals surface area (Å²) in [5.41, 5.74) is -2.13. The first-order valence-electron chi connectivity index (χ1n) is 11.9. The molecule has 3 atom stereocenters. The zero-order chi connectivity index (χ0) is 27.7. The molecule has 5 N–H and O–H groups in total. The molecule has 5 amide bonds. The molecule has 0 aliphatic carbocycles. The second kappa shape index (κ2) is 13.3. The number of alkyl carbamates (subject to hydrolysis) is 1. The molecule has 0 aromatic carbocycles. The Morgan fingerprint density at radius 2 is 1.31 bits per heavy atom. The van der Waals surface area contributed by atoms with Crippen molar-refractivity contribution in [2.75, 3.05) is 7.05 Å². The van der Waals surface area contributed by atoms with Crippen LogP contribution in [0, 0.1) is 11.8 Å². The summed E-state index contributed by atoms with van der Waals surface area (Å²) >= 11 is 0. The van der Waals surface area contributed by atoms with E-state index in [1.54, 1.807) is 34.6 Å². The lowest BCUT2D eigenvalue weighted by Crippen LogP contribution is -2.62. The van der Waals surface area contributed by atoms with Crippen LogP contribution in [0.4, 0.5) is 4.79 Å². The van der Waals surface area contributed by atoms with E-state index >= 15 is 0 Å². The summed E-state index contributed by atoms with van der Waals surface area (Å²) in [5.74, 6) is -2.14. The van der Waals surface area contributed by atoms with Crippen LogP contribution in [0.2, 0.25) is 0 Å². The number of hydrogen-bond donors (Lipinski definition) is 5. The van der Waals surface area contributed by atoms with Crippen LogP contribution in [-0.4, -0.2) is 66.0 Å². The monoisotopic (exact) mass is 499 g/mol. The van der Waals surface area contributed by atoms with Gasteiger partial charge in [0.1, 0.15) is 29.3 Å². The van der Waals surface area contributed by atoms with Crippen LogP contribution in [0.15, 0.2) is 0 Å². The van der Waals surface area contributed by atoms with Crippen molar-refractivity contribution in [2.24, 2.45) is 11.8 Å². The molecular formula is C24H45N5O6. The predicted octanol–water partition coefficient (Wildman–Crippen LogP) is 1.21. The first-order chi connectivity index (χ1) is 15.8. The van der Waals surface area contributed by atoms with E-state index in [1.807, 2.05) is 13.8 Å².